The molecule has 126 valence electrons. The van der Waals surface area contributed by atoms with E-state index in [4.69, 9.17) is 4.74 Å². The van der Waals surface area contributed by atoms with E-state index in [0.717, 1.165) is 0 Å². The number of imide groups is 1. The minimum atomic E-state index is -4.78. The summed E-state index contributed by atoms with van der Waals surface area (Å²) in [5, 5.41) is 0. The van der Waals surface area contributed by atoms with E-state index in [1.807, 2.05) is 0 Å². The minimum Gasteiger partial charge on any atom is -0.443 e. The van der Waals surface area contributed by atoms with Gasteiger partial charge in [0.2, 0.25) is 0 Å². The summed E-state index contributed by atoms with van der Waals surface area (Å²) in [6.45, 7) is 7.92. The van der Waals surface area contributed by atoms with Gasteiger partial charge in [-0.2, -0.15) is 13.2 Å². The fraction of sp³-hybridized carbons (Fsp3) is 0.500. The maximum atomic E-state index is 13.5. The van der Waals surface area contributed by atoms with Gasteiger partial charge in [-0.1, -0.05) is 6.07 Å². The summed E-state index contributed by atoms with van der Waals surface area (Å²) < 4.78 is 45.4. The molecule has 0 radical (unpaired) electrons. The molecule has 1 heterocycles. The van der Waals surface area contributed by atoms with Crippen molar-refractivity contribution in [3.05, 3.63) is 34.4 Å². The fourth-order valence-corrected chi connectivity index (χ4v) is 2.46. The number of aryl methyl sites for hydroxylation is 2. The summed E-state index contributed by atoms with van der Waals surface area (Å²) in [7, 11) is 0. The van der Waals surface area contributed by atoms with Crippen molar-refractivity contribution >= 4 is 12.0 Å². The van der Waals surface area contributed by atoms with E-state index in [-0.39, 0.29) is 16.0 Å². The molecule has 4 nitrogen and oxygen atoms in total. The number of nitrogens with zero attached hydrogens (tertiary/aromatic N) is 1. The van der Waals surface area contributed by atoms with E-state index in [9.17, 15) is 22.8 Å². The molecule has 1 aliphatic heterocycles. The normalized spacial score (nSPS) is 18.2. The Hall–Kier alpha value is -2.05. The topological polar surface area (TPSA) is 46.6 Å². The maximum Gasteiger partial charge on any atom is 0.418 e. The summed E-state index contributed by atoms with van der Waals surface area (Å²) in [5.74, 6) is -0.986. The smallest absolute Gasteiger partial charge is 0.418 e. The number of alkyl halides is 3. The van der Waals surface area contributed by atoms with Crippen LogP contribution in [0.4, 0.5) is 18.0 Å². The van der Waals surface area contributed by atoms with Gasteiger partial charge in [-0.25, -0.2) is 9.69 Å². The summed E-state index contributed by atoms with van der Waals surface area (Å²) >= 11 is 0. The number of ether oxygens (including phenoxy) is 1. The average molecular weight is 329 g/mol. The zero-order chi connectivity index (χ0) is 17.7. The molecule has 1 aliphatic rings. The first-order chi connectivity index (χ1) is 10.3. The number of fused-ring (bicyclic) bond motifs is 1. The average Bonchev–Trinajstić information content (AvgIpc) is 2.61. The van der Waals surface area contributed by atoms with Gasteiger partial charge in [-0.15, -0.1) is 0 Å². The van der Waals surface area contributed by atoms with E-state index >= 15 is 0 Å². The molecule has 1 aromatic carbocycles. The van der Waals surface area contributed by atoms with Crippen LogP contribution in [0.5, 0.6) is 0 Å². The maximum absolute atomic E-state index is 13.5. The van der Waals surface area contributed by atoms with E-state index in [1.54, 1.807) is 13.8 Å². The second-order valence-electron chi connectivity index (χ2n) is 6.62. The lowest BCUT2D eigenvalue weighted by Gasteiger charge is -2.28. The van der Waals surface area contributed by atoms with E-state index < -0.39 is 29.8 Å². The quantitative estimate of drug-likeness (QED) is 0.713. The van der Waals surface area contributed by atoms with Crippen LogP contribution in [-0.2, 0) is 4.74 Å². The predicted octanol–water partition coefficient (Wildman–Crippen LogP) is 4.30. The van der Waals surface area contributed by atoms with Crippen molar-refractivity contribution in [3.63, 3.8) is 0 Å². The molecule has 23 heavy (non-hydrogen) atoms. The molecule has 0 aromatic heterocycles. The van der Waals surface area contributed by atoms with Crippen molar-refractivity contribution < 1.29 is 27.5 Å². The highest BCUT2D eigenvalue weighted by Gasteiger charge is 2.55. The van der Waals surface area contributed by atoms with E-state index in [0.29, 0.717) is 11.1 Å². The van der Waals surface area contributed by atoms with Crippen LogP contribution in [0.1, 0.15) is 53.9 Å². The Morgan fingerprint density at radius 2 is 1.65 bits per heavy atom. The molecule has 2 rings (SSSR count). The van der Waals surface area contributed by atoms with Crippen LogP contribution in [0.15, 0.2) is 12.1 Å². The molecule has 0 unspecified atom stereocenters. The lowest BCUT2D eigenvalue weighted by molar-refractivity contribution is -0.174. The zero-order valence-electron chi connectivity index (χ0n) is 13.5. The third kappa shape index (κ3) is 3.18. The molecule has 0 aliphatic carbocycles. The zero-order valence-corrected chi connectivity index (χ0v) is 13.5. The van der Waals surface area contributed by atoms with Crippen molar-refractivity contribution in [2.45, 2.75) is 52.4 Å². The Labute approximate surface area is 132 Å². The van der Waals surface area contributed by atoms with Crippen LogP contribution in [-0.4, -0.2) is 28.7 Å². The number of carbonyl (C=O) groups is 2. The van der Waals surface area contributed by atoms with Crippen molar-refractivity contribution in [3.8, 4) is 0 Å². The van der Waals surface area contributed by atoms with Gasteiger partial charge in [0.1, 0.15) is 5.60 Å². The third-order valence-corrected chi connectivity index (χ3v) is 3.57. The van der Waals surface area contributed by atoms with Gasteiger partial charge in [0.15, 0.2) is 6.04 Å². The Bertz CT molecular complexity index is 674. The number of hydrogen-bond acceptors (Lipinski definition) is 3. The van der Waals surface area contributed by atoms with Gasteiger partial charge < -0.3 is 4.74 Å². The molecule has 7 heteroatoms. The van der Waals surface area contributed by atoms with Gasteiger partial charge in [0.25, 0.3) is 5.91 Å². The first kappa shape index (κ1) is 17.3. The second-order valence-corrected chi connectivity index (χ2v) is 6.62. The number of rotatable bonds is 0. The molecule has 0 spiro atoms. The van der Waals surface area contributed by atoms with Crippen LogP contribution in [0.3, 0.4) is 0 Å². The number of benzene rings is 1. The minimum absolute atomic E-state index is 0.110. The second kappa shape index (κ2) is 5.25. The van der Waals surface area contributed by atoms with Crippen molar-refractivity contribution in [2.24, 2.45) is 0 Å². The predicted molar refractivity (Wildman–Crippen MR) is 77.1 cm³/mol. The summed E-state index contributed by atoms with van der Waals surface area (Å²) in [4.78, 5) is 24.7. The molecule has 1 atom stereocenters. The number of halogens is 3. The highest BCUT2D eigenvalue weighted by Crippen LogP contribution is 2.45. The van der Waals surface area contributed by atoms with Gasteiger partial charge in [0.05, 0.1) is 0 Å². The third-order valence-electron chi connectivity index (χ3n) is 3.57. The summed E-state index contributed by atoms with van der Waals surface area (Å²) in [5.41, 5.74) is -0.0210. The van der Waals surface area contributed by atoms with Gasteiger partial charge in [-0.05, 0) is 57.4 Å². The molecule has 0 saturated heterocycles. The molecule has 0 bridgehead atoms. The lowest BCUT2D eigenvalue weighted by Crippen LogP contribution is -2.43. The highest BCUT2D eigenvalue weighted by molar-refractivity contribution is 6.07. The molecular weight excluding hydrogens is 311 g/mol. The van der Waals surface area contributed by atoms with Crippen LogP contribution in [0.25, 0.3) is 0 Å². The monoisotopic (exact) mass is 329 g/mol. The van der Waals surface area contributed by atoms with Gasteiger partial charge in [-0.3, -0.25) is 4.79 Å². The molecule has 0 N–H and O–H groups in total. The van der Waals surface area contributed by atoms with E-state index in [1.165, 1.54) is 32.9 Å². The first-order valence-corrected chi connectivity index (χ1v) is 7.07. The largest absolute Gasteiger partial charge is 0.443 e. The van der Waals surface area contributed by atoms with Crippen molar-refractivity contribution in [2.75, 3.05) is 0 Å². The number of amides is 2. The Morgan fingerprint density at radius 3 is 2.13 bits per heavy atom. The molecule has 2 amide bonds. The summed E-state index contributed by atoms with van der Waals surface area (Å²) in [6, 6.07) is 0.375. The molecule has 0 fully saturated rings. The Morgan fingerprint density at radius 1 is 1.13 bits per heavy atom. The molecular formula is C16H18F3NO3. The molecule has 0 saturated carbocycles. The lowest BCUT2D eigenvalue weighted by atomic mass is 9.98. The highest BCUT2D eigenvalue weighted by atomic mass is 19.4. The van der Waals surface area contributed by atoms with Gasteiger partial charge >= 0.3 is 12.3 Å². The van der Waals surface area contributed by atoms with E-state index in [2.05, 4.69) is 0 Å². The van der Waals surface area contributed by atoms with Crippen LogP contribution >= 0.6 is 0 Å². The van der Waals surface area contributed by atoms with Crippen molar-refractivity contribution in [1.29, 1.82) is 0 Å². The molecule has 1 aromatic rings. The van der Waals surface area contributed by atoms with Crippen LogP contribution in [0, 0.1) is 13.8 Å². The SMILES string of the molecule is Cc1cc2c(cc1C)[C@@H](C(F)(F)F)N(C(=O)OC(C)(C)C)C2=O. The van der Waals surface area contributed by atoms with Crippen LogP contribution < -0.4 is 0 Å². The fourth-order valence-electron chi connectivity index (χ4n) is 2.46. The number of hydrogen-bond donors (Lipinski definition) is 0. The van der Waals surface area contributed by atoms with Crippen molar-refractivity contribution in [1.82, 2.24) is 4.90 Å². The Balaban J connectivity index is 2.56. The number of carbonyl (C=O) groups excluding carboxylic acids is 2. The van der Waals surface area contributed by atoms with Crippen LogP contribution in [0.2, 0.25) is 0 Å². The Kier molecular flexibility index (Phi) is 3.95. The summed E-state index contributed by atoms with van der Waals surface area (Å²) in [6.07, 6.45) is -6.07. The standard InChI is InChI=1S/C16H18F3NO3/c1-8-6-10-11(7-9(8)2)13(21)20(12(10)16(17,18)19)14(22)23-15(3,4)5/h6-7,12H,1-5H3/t12-/m0/s1. The van der Waals surface area contributed by atoms with Gasteiger partial charge in [0, 0.05) is 5.56 Å². The first-order valence-electron chi connectivity index (χ1n) is 7.07.